The van der Waals surface area contributed by atoms with E-state index in [0.717, 1.165) is 0 Å². The van der Waals surface area contributed by atoms with Crippen molar-refractivity contribution in [3.05, 3.63) is 27.8 Å². The molecule has 0 spiro atoms. The van der Waals surface area contributed by atoms with Crippen molar-refractivity contribution >= 4 is 34.6 Å². The first kappa shape index (κ1) is 16.2. The summed E-state index contributed by atoms with van der Waals surface area (Å²) in [6.45, 7) is 5.38. The maximum absolute atomic E-state index is 12.0. The van der Waals surface area contributed by atoms with Crippen molar-refractivity contribution in [2.75, 3.05) is 18.1 Å². The molecule has 118 valence electrons. The van der Waals surface area contributed by atoms with Gasteiger partial charge in [0.15, 0.2) is 0 Å². The van der Waals surface area contributed by atoms with Gasteiger partial charge in [0.05, 0.1) is 17.2 Å². The van der Waals surface area contributed by atoms with Crippen LogP contribution in [0.2, 0.25) is 0 Å². The number of fused-ring (bicyclic) bond motifs is 1. The van der Waals surface area contributed by atoms with Gasteiger partial charge < -0.3 is 14.4 Å². The minimum Gasteiger partial charge on any atom is -0.484 e. The highest BCUT2D eigenvalue weighted by atomic mass is 32.1. The van der Waals surface area contributed by atoms with Crippen LogP contribution in [0.25, 0.3) is 0 Å². The summed E-state index contributed by atoms with van der Waals surface area (Å²) in [7, 11) is 0. The predicted molar refractivity (Wildman–Crippen MR) is 84.5 cm³/mol. The molecule has 1 aliphatic heterocycles. The van der Waals surface area contributed by atoms with E-state index < -0.39 is 16.9 Å². The molecule has 0 aromatic heterocycles. The van der Waals surface area contributed by atoms with Crippen molar-refractivity contribution in [3.63, 3.8) is 0 Å². The van der Waals surface area contributed by atoms with Crippen molar-refractivity contribution in [2.24, 2.45) is 0 Å². The molecule has 7 nitrogen and oxygen atoms in total. The first-order valence-corrected chi connectivity index (χ1v) is 7.18. The Morgan fingerprint density at radius 1 is 1.59 bits per heavy atom. The number of thiocarbonyl (C=S) groups is 1. The summed E-state index contributed by atoms with van der Waals surface area (Å²) >= 11 is 5.25. The zero-order chi connectivity index (χ0) is 16.4. The Labute approximate surface area is 133 Å². The van der Waals surface area contributed by atoms with Gasteiger partial charge in [-0.2, -0.15) is 0 Å². The molecule has 2 rings (SSSR count). The van der Waals surface area contributed by atoms with Crippen LogP contribution in [0.15, 0.2) is 12.1 Å². The Hall–Kier alpha value is -2.22. The number of nitro groups is 1. The van der Waals surface area contributed by atoms with E-state index in [1.165, 1.54) is 6.07 Å². The number of nitro benzene ring substituents is 1. The van der Waals surface area contributed by atoms with E-state index in [0.29, 0.717) is 22.0 Å². The van der Waals surface area contributed by atoms with Crippen molar-refractivity contribution in [3.8, 4) is 5.75 Å². The van der Waals surface area contributed by atoms with Gasteiger partial charge >= 0.3 is 5.97 Å². The van der Waals surface area contributed by atoms with E-state index in [-0.39, 0.29) is 18.9 Å². The maximum Gasteiger partial charge on any atom is 0.328 e. The fraction of sp³-hybridized carbons (Fsp3) is 0.429. The van der Waals surface area contributed by atoms with E-state index in [1.807, 2.05) is 0 Å². The van der Waals surface area contributed by atoms with Gasteiger partial charge in [0.2, 0.25) is 0 Å². The molecule has 0 N–H and O–H groups in total. The van der Waals surface area contributed by atoms with Gasteiger partial charge in [-0.25, -0.2) is 4.79 Å². The molecule has 1 aliphatic rings. The lowest BCUT2D eigenvalue weighted by Crippen LogP contribution is -2.47. The minimum absolute atomic E-state index is 0.0480. The lowest BCUT2D eigenvalue weighted by atomic mass is 10.1. The van der Waals surface area contributed by atoms with Crippen molar-refractivity contribution in [1.82, 2.24) is 0 Å². The second kappa shape index (κ2) is 6.27. The van der Waals surface area contributed by atoms with Crippen LogP contribution in [0.5, 0.6) is 5.75 Å². The van der Waals surface area contributed by atoms with E-state index in [2.05, 4.69) is 0 Å². The van der Waals surface area contributed by atoms with Crippen molar-refractivity contribution < 1.29 is 19.2 Å². The van der Waals surface area contributed by atoms with Crippen LogP contribution in [0.4, 0.5) is 11.4 Å². The number of hydrogen-bond donors (Lipinski definition) is 0. The number of carbonyl (C=O) groups excluding carboxylic acids is 1. The third-order valence-corrected chi connectivity index (χ3v) is 3.68. The van der Waals surface area contributed by atoms with E-state index in [9.17, 15) is 14.9 Å². The standard InChI is InChI=1S/C14H16N2O5S/c1-4-20-14(17)9(3)15-11-6-10(16(18)19)8(2)5-12(11)21-7-13(15)22/h5-6,9H,4,7H2,1-3H3. The molecule has 1 heterocycles. The number of aryl methyl sites for hydroxylation is 1. The molecule has 0 amide bonds. The molecule has 1 aromatic carbocycles. The third kappa shape index (κ3) is 2.87. The van der Waals surface area contributed by atoms with Gasteiger partial charge in [0.25, 0.3) is 5.69 Å². The first-order valence-electron chi connectivity index (χ1n) is 6.77. The topological polar surface area (TPSA) is 81.9 Å². The number of anilines is 1. The fourth-order valence-electron chi connectivity index (χ4n) is 2.30. The number of carbonyl (C=O) groups is 1. The van der Waals surface area contributed by atoms with Gasteiger partial charge in [0.1, 0.15) is 23.4 Å². The predicted octanol–water partition coefficient (Wildman–Crippen LogP) is 2.38. The Bertz CT molecular complexity index is 646. The molecule has 0 aliphatic carbocycles. The summed E-state index contributed by atoms with van der Waals surface area (Å²) in [4.78, 5) is 24.6. The third-order valence-electron chi connectivity index (χ3n) is 3.37. The Morgan fingerprint density at radius 2 is 2.27 bits per heavy atom. The summed E-state index contributed by atoms with van der Waals surface area (Å²) in [6.07, 6.45) is 0. The molecular formula is C14H16N2O5S. The Kier molecular flexibility index (Phi) is 4.60. The fourth-order valence-corrected chi connectivity index (χ4v) is 2.61. The summed E-state index contributed by atoms with van der Waals surface area (Å²) < 4.78 is 10.5. The molecule has 0 fully saturated rings. The SMILES string of the molecule is CCOC(=O)C(C)N1C(=S)COc2cc(C)c([N+](=O)[O-])cc21. The molecule has 0 saturated carbocycles. The average molecular weight is 324 g/mol. The van der Waals surface area contributed by atoms with Crippen LogP contribution in [-0.2, 0) is 9.53 Å². The van der Waals surface area contributed by atoms with Gasteiger partial charge in [0, 0.05) is 11.6 Å². The number of nitrogens with zero attached hydrogens (tertiary/aromatic N) is 2. The van der Waals surface area contributed by atoms with Gasteiger partial charge in [-0.05, 0) is 26.8 Å². The quantitative estimate of drug-likeness (QED) is 0.364. The molecular weight excluding hydrogens is 308 g/mol. The minimum atomic E-state index is -0.683. The smallest absolute Gasteiger partial charge is 0.328 e. The lowest BCUT2D eigenvalue weighted by molar-refractivity contribution is -0.385. The zero-order valence-electron chi connectivity index (χ0n) is 12.5. The molecule has 0 saturated heterocycles. The number of benzene rings is 1. The largest absolute Gasteiger partial charge is 0.484 e. The van der Waals surface area contributed by atoms with Gasteiger partial charge in [-0.15, -0.1) is 0 Å². The molecule has 1 unspecified atom stereocenters. The van der Waals surface area contributed by atoms with Crippen LogP contribution in [-0.4, -0.2) is 35.1 Å². The Morgan fingerprint density at radius 3 is 2.86 bits per heavy atom. The number of rotatable bonds is 4. The lowest BCUT2D eigenvalue weighted by Gasteiger charge is -2.34. The van der Waals surface area contributed by atoms with Gasteiger partial charge in [-0.1, -0.05) is 12.2 Å². The molecule has 22 heavy (non-hydrogen) atoms. The molecule has 1 atom stereocenters. The van der Waals surface area contributed by atoms with E-state index >= 15 is 0 Å². The molecule has 1 aromatic rings. The maximum atomic E-state index is 12.0. The van der Waals surface area contributed by atoms with Crippen LogP contribution < -0.4 is 9.64 Å². The second-order valence-corrected chi connectivity index (χ2v) is 5.32. The number of ether oxygens (including phenoxy) is 2. The summed E-state index contributed by atoms with van der Waals surface area (Å²) in [5, 5.41) is 11.1. The summed E-state index contributed by atoms with van der Waals surface area (Å²) in [6, 6.07) is 2.28. The summed E-state index contributed by atoms with van der Waals surface area (Å²) in [5.74, 6) is 0.0220. The number of hydrogen-bond acceptors (Lipinski definition) is 6. The second-order valence-electron chi connectivity index (χ2n) is 4.84. The van der Waals surface area contributed by atoms with Crippen molar-refractivity contribution in [1.29, 1.82) is 0 Å². The van der Waals surface area contributed by atoms with E-state index in [1.54, 1.807) is 31.7 Å². The van der Waals surface area contributed by atoms with Crippen LogP contribution in [0.1, 0.15) is 19.4 Å². The van der Waals surface area contributed by atoms with Crippen molar-refractivity contribution in [2.45, 2.75) is 26.8 Å². The molecule has 0 bridgehead atoms. The van der Waals surface area contributed by atoms with Gasteiger partial charge in [-0.3, -0.25) is 10.1 Å². The highest BCUT2D eigenvalue weighted by molar-refractivity contribution is 7.80. The van der Waals surface area contributed by atoms with Crippen LogP contribution >= 0.6 is 12.2 Å². The van der Waals surface area contributed by atoms with Crippen LogP contribution in [0, 0.1) is 17.0 Å². The van der Waals surface area contributed by atoms with Crippen LogP contribution in [0.3, 0.4) is 0 Å². The summed E-state index contributed by atoms with van der Waals surface area (Å²) in [5.41, 5.74) is 0.850. The average Bonchev–Trinajstić information content (AvgIpc) is 2.46. The molecule has 8 heteroatoms. The normalized spacial score (nSPS) is 14.9. The Balaban J connectivity index is 2.49. The van der Waals surface area contributed by atoms with E-state index in [4.69, 9.17) is 21.7 Å². The zero-order valence-corrected chi connectivity index (χ0v) is 13.3. The highest BCUT2D eigenvalue weighted by Crippen LogP contribution is 2.39. The first-order chi connectivity index (χ1) is 10.4. The number of esters is 1. The molecule has 0 radical (unpaired) electrons. The highest BCUT2D eigenvalue weighted by Gasteiger charge is 2.33. The monoisotopic (exact) mass is 324 g/mol.